The minimum atomic E-state index is 0.124. The summed E-state index contributed by atoms with van der Waals surface area (Å²) < 4.78 is 0. The Hall–Kier alpha value is -0.370. The number of rotatable bonds is 3. The third-order valence-corrected chi connectivity index (χ3v) is 0.480. The molecule has 2 heteroatoms. The highest BCUT2D eigenvalue weighted by atomic mass is 16.3. The van der Waals surface area contributed by atoms with Gasteiger partial charge in [0, 0.05) is 13.0 Å². The van der Waals surface area contributed by atoms with E-state index in [-0.39, 0.29) is 6.61 Å². The summed E-state index contributed by atoms with van der Waals surface area (Å²) >= 11 is 0. The topological polar surface area (TPSA) is 37.3 Å². The number of carbonyl (C=O) groups is 1. The first-order valence-corrected chi connectivity index (χ1v) is 1.96. The van der Waals surface area contributed by atoms with Crippen LogP contribution >= 0.6 is 0 Å². The van der Waals surface area contributed by atoms with Crippen molar-refractivity contribution in [3.8, 4) is 0 Å². The molecular formula is C4H8O2. The van der Waals surface area contributed by atoms with Gasteiger partial charge in [0.25, 0.3) is 0 Å². The summed E-state index contributed by atoms with van der Waals surface area (Å²) in [5.74, 6) is 0. The fourth-order valence-electron chi connectivity index (χ4n) is 0.175. The first kappa shape index (κ1) is 5.63. The van der Waals surface area contributed by atoms with Gasteiger partial charge in [-0.1, -0.05) is 0 Å². The quantitative estimate of drug-likeness (QED) is 0.388. The highest BCUT2D eigenvalue weighted by molar-refractivity contribution is 5.48. The summed E-state index contributed by atoms with van der Waals surface area (Å²) in [6.07, 6.45) is 1.89. The van der Waals surface area contributed by atoms with Crippen LogP contribution in [0.25, 0.3) is 0 Å². The van der Waals surface area contributed by atoms with Crippen molar-refractivity contribution in [2.24, 2.45) is 0 Å². The van der Waals surface area contributed by atoms with Gasteiger partial charge in [-0.15, -0.1) is 0 Å². The molecule has 0 radical (unpaired) electrons. The molecule has 0 aliphatic heterocycles. The first-order valence-electron chi connectivity index (χ1n) is 1.96. The third kappa shape index (κ3) is 3.63. The molecule has 0 aromatic heterocycles. The summed E-state index contributed by atoms with van der Waals surface area (Å²) in [6.45, 7) is 0.124. The van der Waals surface area contributed by atoms with Crippen LogP contribution in [0.3, 0.4) is 0 Å². The molecule has 1 N–H and O–H groups in total. The Morgan fingerprint density at radius 2 is 2.33 bits per heavy atom. The number of hydrogen-bond acceptors (Lipinski definition) is 2. The highest BCUT2D eigenvalue weighted by Gasteiger charge is 1.76. The number of unbranched alkanes of at least 4 members (excludes halogenated alkanes) is 1. The van der Waals surface area contributed by atoms with Crippen LogP contribution in [0.5, 0.6) is 0 Å². The summed E-state index contributed by atoms with van der Waals surface area (Å²) in [5, 5.41) is 8.04. The maximum atomic E-state index is 9.45. The molecular weight excluding hydrogens is 80.0 g/mol. The lowest BCUT2D eigenvalue weighted by atomic mass is 10.4. The van der Waals surface area contributed by atoms with Crippen molar-refractivity contribution in [1.82, 2.24) is 0 Å². The van der Waals surface area contributed by atoms with E-state index in [1.807, 2.05) is 0 Å². The predicted octanol–water partition coefficient (Wildman–Crippen LogP) is -0.0422. The summed E-state index contributed by atoms with van der Waals surface area (Å²) in [6, 6.07) is 0. The molecule has 2 nitrogen and oxygen atoms in total. The molecule has 0 bridgehead atoms. The molecule has 0 aliphatic carbocycles. The van der Waals surface area contributed by atoms with Crippen LogP contribution in [0.2, 0.25) is 0 Å². The van der Waals surface area contributed by atoms with Gasteiger partial charge in [0.1, 0.15) is 6.29 Å². The van der Waals surface area contributed by atoms with E-state index < -0.39 is 0 Å². The molecule has 0 saturated carbocycles. The fraction of sp³-hybridized carbons (Fsp3) is 0.750. The van der Waals surface area contributed by atoms with Crippen molar-refractivity contribution in [2.75, 3.05) is 6.61 Å². The van der Waals surface area contributed by atoms with Gasteiger partial charge in [-0.25, -0.2) is 0 Å². The lowest BCUT2D eigenvalue weighted by Gasteiger charge is -1.79. The molecule has 0 aliphatic rings. The Morgan fingerprint density at radius 1 is 1.67 bits per heavy atom. The Labute approximate surface area is 36.8 Å². The van der Waals surface area contributed by atoms with E-state index in [1.165, 1.54) is 0 Å². The van der Waals surface area contributed by atoms with E-state index in [1.54, 1.807) is 0 Å². The molecule has 0 saturated heterocycles. The Kier molecular flexibility index (Phi) is 4.34. The van der Waals surface area contributed by atoms with E-state index in [0.29, 0.717) is 12.8 Å². The molecule has 6 heavy (non-hydrogen) atoms. The zero-order chi connectivity index (χ0) is 4.83. The second-order valence-corrected chi connectivity index (χ2v) is 1.03. The molecule has 0 atom stereocenters. The Bertz CT molecular complexity index is 34.5. The van der Waals surface area contributed by atoms with Crippen LogP contribution in [-0.4, -0.2) is 18.0 Å². The largest absolute Gasteiger partial charge is 0.396 e. The van der Waals surface area contributed by atoms with Crippen molar-refractivity contribution in [1.29, 1.82) is 0 Å². The van der Waals surface area contributed by atoms with Crippen molar-refractivity contribution in [2.45, 2.75) is 12.8 Å². The van der Waals surface area contributed by atoms with Crippen LogP contribution in [0.1, 0.15) is 12.8 Å². The lowest BCUT2D eigenvalue weighted by Crippen LogP contribution is -1.80. The molecule has 0 rings (SSSR count). The SMILES string of the molecule is O=CCCCO. The summed E-state index contributed by atoms with van der Waals surface area (Å²) in [5.41, 5.74) is 0. The maximum Gasteiger partial charge on any atom is 0.120 e. The monoisotopic (exact) mass is 88.1 g/mol. The van der Waals surface area contributed by atoms with Crippen molar-refractivity contribution < 1.29 is 9.90 Å². The predicted molar refractivity (Wildman–Crippen MR) is 22.4 cm³/mol. The van der Waals surface area contributed by atoms with Crippen LogP contribution < -0.4 is 0 Å². The van der Waals surface area contributed by atoms with Crippen LogP contribution in [0.4, 0.5) is 0 Å². The molecule has 0 unspecified atom stereocenters. The van der Waals surface area contributed by atoms with Gasteiger partial charge >= 0.3 is 0 Å². The Morgan fingerprint density at radius 3 is 2.50 bits per heavy atom. The van der Waals surface area contributed by atoms with E-state index >= 15 is 0 Å². The van der Waals surface area contributed by atoms with Crippen LogP contribution in [-0.2, 0) is 4.79 Å². The van der Waals surface area contributed by atoms with Gasteiger partial charge in [-0.3, -0.25) is 0 Å². The minimum absolute atomic E-state index is 0.124. The number of hydrogen-bond donors (Lipinski definition) is 1. The fourth-order valence-corrected chi connectivity index (χ4v) is 0.175. The maximum absolute atomic E-state index is 9.45. The van der Waals surface area contributed by atoms with Crippen molar-refractivity contribution >= 4 is 6.29 Å². The van der Waals surface area contributed by atoms with Crippen molar-refractivity contribution in [3.05, 3.63) is 0 Å². The minimum Gasteiger partial charge on any atom is -0.396 e. The normalized spacial score (nSPS) is 8.17. The average molecular weight is 88.1 g/mol. The second-order valence-electron chi connectivity index (χ2n) is 1.03. The Balaban J connectivity index is 2.49. The zero-order valence-electron chi connectivity index (χ0n) is 3.55. The number of aliphatic hydroxyl groups excluding tert-OH is 1. The molecule has 0 aromatic rings. The van der Waals surface area contributed by atoms with E-state index in [4.69, 9.17) is 5.11 Å². The van der Waals surface area contributed by atoms with E-state index in [9.17, 15) is 4.79 Å². The molecule has 0 amide bonds. The van der Waals surface area contributed by atoms with Gasteiger partial charge in [0.05, 0.1) is 0 Å². The number of aldehydes is 1. The molecule has 0 spiro atoms. The number of carbonyl (C=O) groups excluding carboxylic acids is 1. The standard InChI is InChI=1S/C4H8O2/c5-3-1-2-4-6/h3,6H,1-2,4H2. The van der Waals surface area contributed by atoms with Gasteiger partial charge in [0.2, 0.25) is 0 Å². The smallest absolute Gasteiger partial charge is 0.120 e. The molecule has 36 valence electrons. The average Bonchev–Trinajstić information content (AvgIpc) is 1.61. The summed E-state index contributed by atoms with van der Waals surface area (Å²) in [4.78, 5) is 9.45. The van der Waals surface area contributed by atoms with Crippen molar-refractivity contribution in [3.63, 3.8) is 0 Å². The molecule has 0 aromatic carbocycles. The number of aliphatic hydroxyl groups is 1. The van der Waals surface area contributed by atoms with Gasteiger partial charge < -0.3 is 9.90 Å². The molecule has 0 heterocycles. The second kappa shape index (κ2) is 4.63. The van der Waals surface area contributed by atoms with Gasteiger partial charge in [-0.05, 0) is 6.42 Å². The van der Waals surface area contributed by atoms with E-state index in [0.717, 1.165) is 6.29 Å². The summed E-state index contributed by atoms with van der Waals surface area (Å²) in [7, 11) is 0. The van der Waals surface area contributed by atoms with Gasteiger partial charge in [-0.2, -0.15) is 0 Å². The first-order chi connectivity index (χ1) is 2.91. The molecule has 0 fully saturated rings. The highest BCUT2D eigenvalue weighted by Crippen LogP contribution is 1.77. The van der Waals surface area contributed by atoms with E-state index in [2.05, 4.69) is 0 Å². The van der Waals surface area contributed by atoms with Crippen LogP contribution in [0, 0.1) is 0 Å². The third-order valence-electron chi connectivity index (χ3n) is 0.480. The zero-order valence-corrected chi connectivity index (χ0v) is 3.55. The van der Waals surface area contributed by atoms with Gasteiger partial charge in [0.15, 0.2) is 0 Å². The lowest BCUT2D eigenvalue weighted by molar-refractivity contribution is -0.108. The van der Waals surface area contributed by atoms with Crippen LogP contribution in [0.15, 0.2) is 0 Å².